The topological polar surface area (TPSA) is 39.7 Å². The van der Waals surface area contributed by atoms with Crippen molar-refractivity contribution in [2.75, 3.05) is 32.7 Å². The lowest BCUT2D eigenvalue weighted by atomic mass is 10.2. The first-order valence-electron chi connectivity index (χ1n) is 8.94. The van der Waals surface area contributed by atoms with Crippen LogP contribution < -0.4 is 10.6 Å². The number of nitrogens with one attached hydrogen (secondary N) is 2. The molecule has 2 N–H and O–H groups in total. The second kappa shape index (κ2) is 17.3. The monoisotopic (exact) mass is 426 g/mol. The van der Waals surface area contributed by atoms with Gasteiger partial charge in [-0.1, -0.05) is 33.6 Å². The smallest absolute Gasteiger partial charge is 0.191 e. The summed E-state index contributed by atoms with van der Waals surface area (Å²) < 4.78 is 0. The van der Waals surface area contributed by atoms with Crippen LogP contribution in [0.25, 0.3) is 0 Å². The van der Waals surface area contributed by atoms with E-state index < -0.39 is 0 Å². The minimum atomic E-state index is 0. The predicted octanol–water partition coefficient (Wildman–Crippen LogP) is 3.86. The second-order valence-electron chi connectivity index (χ2n) is 5.68. The van der Waals surface area contributed by atoms with Gasteiger partial charge in [-0.25, -0.2) is 0 Å². The molecular weight excluding hydrogens is 387 g/mol. The number of nitrogens with zero attached hydrogens (tertiary/aromatic N) is 2. The molecule has 134 valence electrons. The quantitative estimate of drug-likeness (QED) is 0.216. The third kappa shape index (κ3) is 13.6. The van der Waals surface area contributed by atoms with E-state index in [4.69, 9.17) is 0 Å². The number of rotatable bonds is 12. The van der Waals surface area contributed by atoms with Crippen LogP contribution in [0.5, 0.6) is 0 Å². The normalized spacial score (nSPS) is 12.9. The molecule has 0 spiro atoms. The summed E-state index contributed by atoms with van der Waals surface area (Å²) in [5, 5.41) is 6.87. The van der Waals surface area contributed by atoms with Crippen LogP contribution in [0.3, 0.4) is 0 Å². The Morgan fingerprint density at radius 2 is 1.73 bits per heavy atom. The molecule has 0 bridgehead atoms. The maximum Gasteiger partial charge on any atom is 0.191 e. The highest BCUT2D eigenvalue weighted by molar-refractivity contribution is 14.0. The minimum absolute atomic E-state index is 0. The van der Waals surface area contributed by atoms with Gasteiger partial charge in [0.1, 0.15) is 0 Å². The standard InChI is InChI=1S/C17H38N4.HI/c1-6-10-11-14-19-17(18-7-2)20-16(5)13-12-15-21(8-3)9-4;/h16H,6-15H2,1-5H3,(H2,18,19,20);1H. The van der Waals surface area contributed by atoms with E-state index in [0.29, 0.717) is 6.04 Å². The molecule has 0 aromatic heterocycles. The molecule has 1 atom stereocenters. The maximum atomic E-state index is 4.65. The molecule has 0 aromatic rings. The Bertz CT molecular complexity index is 255. The van der Waals surface area contributed by atoms with E-state index in [2.05, 4.69) is 55.1 Å². The summed E-state index contributed by atoms with van der Waals surface area (Å²) in [5.41, 5.74) is 0. The van der Waals surface area contributed by atoms with E-state index in [1.807, 2.05) is 0 Å². The highest BCUT2D eigenvalue weighted by Gasteiger charge is 2.06. The molecule has 0 aliphatic rings. The van der Waals surface area contributed by atoms with Gasteiger partial charge in [0.15, 0.2) is 5.96 Å². The zero-order valence-electron chi connectivity index (χ0n) is 15.5. The summed E-state index contributed by atoms with van der Waals surface area (Å²) in [4.78, 5) is 7.13. The zero-order valence-corrected chi connectivity index (χ0v) is 17.8. The highest BCUT2D eigenvalue weighted by atomic mass is 127. The summed E-state index contributed by atoms with van der Waals surface area (Å²) >= 11 is 0. The van der Waals surface area contributed by atoms with E-state index >= 15 is 0 Å². The molecule has 0 aromatic carbocycles. The van der Waals surface area contributed by atoms with E-state index in [1.54, 1.807) is 0 Å². The van der Waals surface area contributed by atoms with Crippen molar-refractivity contribution in [3.05, 3.63) is 0 Å². The Hall–Kier alpha value is -0.0400. The first-order valence-corrected chi connectivity index (χ1v) is 8.94. The van der Waals surface area contributed by atoms with Crippen LogP contribution in [0, 0.1) is 0 Å². The zero-order chi connectivity index (χ0) is 15.9. The first-order chi connectivity index (χ1) is 10.2. The molecule has 22 heavy (non-hydrogen) atoms. The number of hydrogen-bond donors (Lipinski definition) is 2. The average molecular weight is 426 g/mol. The predicted molar refractivity (Wildman–Crippen MR) is 111 cm³/mol. The molecule has 0 aliphatic heterocycles. The summed E-state index contributed by atoms with van der Waals surface area (Å²) in [7, 11) is 0. The summed E-state index contributed by atoms with van der Waals surface area (Å²) in [6.07, 6.45) is 6.13. The number of guanidine groups is 1. The van der Waals surface area contributed by atoms with Gasteiger partial charge in [-0.2, -0.15) is 0 Å². The fourth-order valence-corrected chi connectivity index (χ4v) is 2.34. The van der Waals surface area contributed by atoms with Crippen LogP contribution in [0.2, 0.25) is 0 Å². The van der Waals surface area contributed by atoms with Crippen LogP contribution in [0.1, 0.15) is 66.7 Å². The van der Waals surface area contributed by atoms with Crippen LogP contribution in [-0.4, -0.2) is 49.6 Å². The second-order valence-corrected chi connectivity index (χ2v) is 5.68. The minimum Gasteiger partial charge on any atom is -0.357 e. The Labute approximate surface area is 155 Å². The van der Waals surface area contributed by atoms with Crippen LogP contribution in [-0.2, 0) is 0 Å². The third-order valence-corrected chi connectivity index (χ3v) is 3.76. The lowest BCUT2D eigenvalue weighted by molar-refractivity contribution is 0.292. The van der Waals surface area contributed by atoms with Crippen molar-refractivity contribution in [1.82, 2.24) is 15.5 Å². The summed E-state index contributed by atoms with van der Waals surface area (Å²) in [6, 6.07) is 0.476. The molecule has 1 unspecified atom stereocenters. The van der Waals surface area contributed by atoms with Crippen LogP contribution >= 0.6 is 24.0 Å². The van der Waals surface area contributed by atoms with Gasteiger partial charge in [0.25, 0.3) is 0 Å². The number of aliphatic imine (C=N–C) groups is 1. The molecule has 0 heterocycles. The van der Waals surface area contributed by atoms with Crippen molar-refractivity contribution in [2.45, 2.75) is 72.8 Å². The van der Waals surface area contributed by atoms with Gasteiger partial charge >= 0.3 is 0 Å². The number of hydrogen-bond acceptors (Lipinski definition) is 2. The maximum absolute atomic E-state index is 4.65. The molecule has 5 heteroatoms. The van der Waals surface area contributed by atoms with E-state index in [1.165, 1.54) is 38.6 Å². The van der Waals surface area contributed by atoms with Gasteiger partial charge < -0.3 is 15.5 Å². The third-order valence-electron chi connectivity index (χ3n) is 3.76. The van der Waals surface area contributed by atoms with Gasteiger partial charge in [0.05, 0.1) is 0 Å². The lowest BCUT2D eigenvalue weighted by Gasteiger charge is -2.21. The number of unbranched alkanes of at least 4 members (excludes halogenated alkanes) is 2. The number of halogens is 1. The Morgan fingerprint density at radius 1 is 1.05 bits per heavy atom. The molecule has 0 amide bonds. The van der Waals surface area contributed by atoms with Crippen molar-refractivity contribution in [3.63, 3.8) is 0 Å². The largest absolute Gasteiger partial charge is 0.357 e. The Kier molecular flexibility index (Phi) is 19.1. The molecular formula is C17H39IN4. The van der Waals surface area contributed by atoms with E-state index in [0.717, 1.165) is 32.1 Å². The van der Waals surface area contributed by atoms with Crippen molar-refractivity contribution in [1.29, 1.82) is 0 Å². The van der Waals surface area contributed by atoms with Gasteiger partial charge in [-0.15, -0.1) is 24.0 Å². The lowest BCUT2D eigenvalue weighted by Crippen LogP contribution is -2.42. The fraction of sp³-hybridized carbons (Fsp3) is 0.941. The van der Waals surface area contributed by atoms with Gasteiger partial charge in [-0.3, -0.25) is 4.99 Å². The van der Waals surface area contributed by atoms with Crippen molar-refractivity contribution < 1.29 is 0 Å². The molecule has 0 saturated carbocycles. The Balaban J connectivity index is 0. The van der Waals surface area contributed by atoms with E-state index in [9.17, 15) is 0 Å². The fourth-order valence-electron chi connectivity index (χ4n) is 2.34. The van der Waals surface area contributed by atoms with Crippen LogP contribution in [0.4, 0.5) is 0 Å². The van der Waals surface area contributed by atoms with Gasteiger partial charge in [-0.05, 0) is 52.7 Å². The Morgan fingerprint density at radius 3 is 2.27 bits per heavy atom. The van der Waals surface area contributed by atoms with Crippen molar-refractivity contribution in [2.24, 2.45) is 4.99 Å². The molecule has 0 rings (SSSR count). The summed E-state index contributed by atoms with van der Waals surface area (Å²) in [5.74, 6) is 0.976. The van der Waals surface area contributed by atoms with E-state index in [-0.39, 0.29) is 24.0 Å². The first kappa shape index (κ1) is 24.2. The molecule has 4 nitrogen and oxygen atoms in total. The average Bonchev–Trinajstić information content (AvgIpc) is 2.48. The van der Waals surface area contributed by atoms with Gasteiger partial charge in [0, 0.05) is 19.1 Å². The van der Waals surface area contributed by atoms with Crippen molar-refractivity contribution >= 4 is 29.9 Å². The summed E-state index contributed by atoms with van der Waals surface area (Å²) in [6.45, 7) is 16.4. The molecule has 0 fully saturated rings. The molecule has 0 saturated heterocycles. The van der Waals surface area contributed by atoms with Crippen molar-refractivity contribution in [3.8, 4) is 0 Å². The SMILES string of the molecule is CCCCCN=C(NCC)NC(C)CCCN(CC)CC.I. The highest BCUT2D eigenvalue weighted by Crippen LogP contribution is 2.00. The van der Waals surface area contributed by atoms with Gasteiger partial charge in [0.2, 0.25) is 0 Å². The molecule has 0 aliphatic carbocycles. The molecule has 0 radical (unpaired) electrons. The van der Waals surface area contributed by atoms with Crippen LogP contribution in [0.15, 0.2) is 4.99 Å².